The van der Waals surface area contributed by atoms with E-state index < -0.39 is 17.9 Å². The summed E-state index contributed by atoms with van der Waals surface area (Å²) in [4.78, 5) is 28.1. The zero-order chi connectivity index (χ0) is 21.2. The highest BCUT2D eigenvalue weighted by molar-refractivity contribution is 7.98. The Labute approximate surface area is 175 Å². The van der Waals surface area contributed by atoms with E-state index in [1.165, 1.54) is 18.0 Å². The lowest BCUT2D eigenvalue weighted by atomic mass is 10.2. The Bertz CT molecular complexity index is 767. The second-order valence-corrected chi connectivity index (χ2v) is 7.78. The quantitative estimate of drug-likeness (QED) is 0.411. The summed E-state index contributed by atoms with van der Waals surface area (Å²) in [6.45, 7) is 4.00. The highest BCUT2D eigenvalue weighted by Gasteiger charge is 2.21. The summed E-state index contributed by atoms with van der Waals surface area (Å²) in [5.74, 6) is -1.22. The van der Waals surface area contributed by atoms with Gasteiger partial charge in [-0.25, -0.2) is 4.79 Å². The number of rotatable bonds is 9. The van der Waals surface area contributed by atoms with E-state index in [-0.39, 0.29) is 5.57 Å². The van der Waals surface area contributed by atoms with Gasteiger partial charge in [0.15, 0.2) is 0 Å². The molecule has 1 atom stereocenters. The standard InChI is InChI=1S/C20H27N5O3S/c1-24-8-10-25(11-9-24)17-5-3-16(4-6-17)22-14-15(13-21)19(26)23-18(20(27)28)7-12-29-2/h3-6,14,18,22H,7-12H2,1-2H3,(H,23,26)(H,27,28)/b15-14-. The summed E-state index contributed by atoms with van der Waals surface area (Å²) in [5.41, 5.74) is 1.69. The molecule has 1 saturated heterocycles. The Morgan fingerprint density at radius 1 is 1.28 bits per heavy atom. The van der Waals surface area contributed by atoms with Gasteiger partial charge in [-0.3, -0.25) is 4.79 Å². The third-order valence-corrected chi connectivity index (χ3v) is 5.34. The maximum absolute atomic E-state index is 12.2. The number of anilines is 2. The van der Waals surface area contributed by atoms with Gasteiger partial charge in [0.1, 0.15) is 17.7 Å². The smallest absolute Gasteiger partial charge is 0.326 e. The highest BCUT2D eigenvalue weighted by atomic mass is 32.2. The van der Waals surface area contributed by atoms with E-state index in [9.17, 15) is 20.0 Å². The van der Waals surface area contributed by atoms with Crippen LogP contribution in [-0.4, -0.2) is 73.2 Å². The zero-order valence-electron chi connectivity index (χ0n) is 16.7. The second kappa shape index (κ2) is 11.3. The van der Waals surface area contributed by atoms with E-state index in [1.807, 2.05) is 36.6 Å². The number of carboxylic acids is 1. The molecule has 0 spiro atoms. The van der Waals surface area contributed by atoms with Crippen molar-refractivity contribution in [2.45, 2.75) is 12.5 Å². The number of carbonyl (C=O) groups is 2. The van der Waals surface area contributed by atoms with Crippen LogP contribution in [0.15, 0.2) is 36.0 Å². The lowest BCUT2D eigenvalue weighted by molar-refractivity contribution is -0.141. The lowest BCUT2D eigenvalue weighted by Gasteiger charge is -2.34. The molecule has 8 nitrogen and oxygen atoms in total. The molecule has 156 valence electrons. The van der Waals surface area contributed by atoms with Crippen molar-refractivity contribution in [3.8, 4) is 6.07 Å². The Morgan fingerprint density at radius 3 is 2.48 bits per heavy atom. The van der Waals surface area contributed by atoms with Gasteiger partial charge in [0.05, 0.1) is 0 Å². The minimum atomic E-state index is -1.11. The van der Waals surface area contributed by atoms with E-state index in [0.29, 0.717) is 12.2 Å². The van der Waals surface area contributed by atoms with Crippen LogP contribution in [-0.2, 0) is 9.59 Å². The fraction of sp³-hybridized carbons (Fsp3) is 0.450. The maximum atomic E-state index is 12.2. The number of carboxylic acid groups (broad SMARTS) is 1. The number of hydrogen-bond acceptors (Lipinski definition) is 7. The van der Waals surface area contributed by atoms with Gasteiger partial charge in [0.25, 0.3) is 5.91 Å². The van der Waals surface area contributed by atoms with Gasteiger partial charge < -0.3 is 25.5 Å². The molecule has 2 rings (SSSR count). The van der Waals surface area contributed by atoms with Gasteiger partial charge in [0.2, 0.25) is 0 Å². The first-order valence-corrected chi connectivity index (χ1v) is 10.8. The number of piperazine rings is 1. The van der Waals surface area contributed by atoms with Crippen LogP contribution in [0, 0.1) is 11.3 Å². The number of nitrogens with one attached hydrogen (secondary N) is 2. The summed E-state index contributed by atoms with van der Waals surface area (Å²) in [6.07, 6.45) is 3.45. The number of aliphatic carboxylic acids is 1. The zero-order valence-corrected chi connectivity index (χ0v) is 17.5. The van der Waals surface area contributed by atoms with Crippen LogP contribution in [0.3, 0.4) is 0 Å². The minimum Gasteiger partial charge on any atom is -0.480 e. The highest BCUT2D eigenvalue weighted by Crippen LogP contribution is 2.19. The molecule has 3 N–H and O–H groups in total. The average molecular weight is 418 g/mol. The van der Waals surface area contributed by atoms with Crippen LogP contribution in [0.25, 0.3) is 0 Å². The topological polar surface area (TPSA) is 109 Å². The van der Waals surface area contributed by atoms with Crippen LogP contribution < -0.4 is 15.5 Å². The van der Waals surface area contributed by atoms with Crippen molar-refractivity contribution in [1.82, 2.24) is 10.2 Å². The Balaban J connectivity index is 1.96. The predicted molar refractivity (Wildman–Crippen MR) is 116 cm³/mol. The van der Waals surface area contributed by atoms with Gasteiger partial charge in [-0.1, -0.05) is 0 Å². The normalized spacial score (nSPS) is 16.0. The summed E-state index contributed by atoms with van der Waals surface area (Å²) in [5, 5.41) is 23.8. The Kier molecular flexibility index (Phi) is 8.83. The van der Waals surface area contributed by atoms with Crippen molar-refractivity contribution in [1.29, 1.82) is 5.26 Å². The monoisotopic (exact) mass is 417 g/mol. The molecular formula is C20H27N5O3S. The van der Waals surface area contributed by atoms with Crippen molar-refractivity contribution in [2.75, 3.05) is 55.5 Å². The Hall–Kier alpha value is -2.70. The molecule has 9 heteroatoms. The molecule has 1 aliphatic rings. The second-order valence-electron chi connectivity index (χ2n) is 6.80. The van der Waals surface area contributed by atoms with E-state index >= 15 is 0 Å². The fourth-order valence-corrected chi connectivity index (χ4v) is 3.34. The molecule has 1 aliphatic heterocycles. The molecule has 0 aliphatic carbocycles. The van der Waals surface area contributed by atoms with Crippen molar-refractivity contribution >= 4 is 35.0 Å². The summed E-state index contributed by atoms with van der Waals surface area (Å²) in [6, 6.07) is 8.56. The SMILES string of the molecule is CSCCC(NC(=O)/C(C#N)=C\Nc1ccc(N2CCN(C)CC2)cc1)C(=O)O. The molecule has 0 bridgehead atoms. The molecule has 1 unspecified atom stereocenters. The first-order chi connectivity index (χ1) is 13.9. The van der Waals surface area contributed by atoms with Crippen LogP contribution in [0.4, 0.5) is 11.4 Å². The molecule has 1 aromatic carbocycles. The van der Waals surface area contributed by atoms with Crippen molar-refractivity contribution in [3.05, 3.63) is 36.0 Å². The van der Waals surface area contributed by atoms with E-state index in [1.54, 1.807) is 0 Å². The van der Waals surface area contributed by atoms with E-state index in [0.717, 1.165) is 37.6 Å². The van der Waals surface area contributed by atoms with E-state index in [2.05, 4.69) is 27.5 Å². The van der Waals surface area contributed by atoms with E-state index in [4.69, 9.17) is 0 Å². The number of nitrogens with zero attached hydrogens (tertiary/aromatic N) is 3. The number of hydrogen-bond donors (Lipinski definition) is 3. The van der Waals surface area contributed by atoms with Crippen LogP contribution >= 0.6 is 11.8 Å². The number of nitriles is 1. The van der Waals surface area contributed by atoms with Gasteiger partial charge in [-0.05, 0) is 49.7 Å². The molecule has 29 heavy (non-hydrogen) atoms. The Morgan fingerprint density at radius 2 is 1.93 bits per heavy atom. The minimum absolute atomic E-state index is 0.177. The van der Waals surface area contributed by atoms with Crippen LogP contribution in [0.2, 0.25) is 0 Å². The summed E-state index contributed by atoms with van der Waals surface area (Å²) >= 11 is 1.50. The number of carbonyl (C=O) groups excluding carboxylic acids is 1. The van der Waals surface area contributed by atoms with Crippen molar-refractivity contribution in [3.63, 3.8) is 0 Å². The third kappa shape index (κ3) is 7.00. The number of benzene rings is 1. The predicted octanol–water partition coefficient (Wildman–Crippen LogP) is 1.58. The van der Waals surface area contributed by atoms with Gasteiger partial charge in [-0.15, -0.1) is 0 Å². The van der Waals surface area contributed by atoms with Crippen molar-refractivity contribution < 1.29 is 14.7 Å². The van der Waals surface area contributed by atoms with Gasteiger partial charge in [0, 0.05) is 43.8 Å². The number of amides is 1. The first kappa shape index (κ1) is 22.6. The molecule has 1 amide bonds. The third-order valence-electron chi connectivity index (χ3n) is 4.70. The van der Waals surface area contributed by atoms with Gasteiger partial charge >= 0.3 is 5.97 Å². The fourth-order valence-electron chi connectivity index (χ4n) is 2.87. The summed E-state index contributed by atoms with van der Waals surface area (Å²) in [7, 11) is 2.11. The molecular weight excluding hydrogens is 390 g/mol. The molecule has 0 aromatic heterocycles. The molecule has 1 aromatic rings. The molecule has 1 fully saturated rings. The van der Waals surface area contributed by atoms with Crippen LogP contribution in [0.1, 0.15) is 6.42 Å². The lowest BCUT2D eigenvalue weighted by Crippen LogP contribution is -2.44. The maximum Gasteiger partial charge on any atom is 0.326 e. The largest absolute Gasteiger partial charge is 0.480 e. The summed E-state index contributed by atoms with van der Waals surface area (Å²) < 4.78 is 0. The molecule has 1 heterocycles. The first-order valence-electron chi connectivity index (χ1n) is 9.37. The molecule has 0 radical (unpaired) electrons. The number of likely N-dealkylation sites (N-methyl/N-ethyl adjacent to an activating group) is 1. The average Bonchev–Trinajstić information content (AvgIpc) is 2.72. The molecule has 0 saturated carbocycles. The van der Waals surface area contributed by atoms with Crippen molar-refractivity contribution in [2.24, 2.45) is 0 Å². The number of thioether (sulfide) groups is 1. The van der Waals surface area contributed by atoms with Crippen LogP contribution in [0.5, 0.6) is 0 Å². The van der Waals surface area contributed by atoms with Gasteiger partial charge in [-0.2, -0.15) is 17.0 Å².